The zero-order valence-corrected chi connectivity index (χ0v) is 18.9. The van der Waals surface area contributed by atoms with Crippen molar-refractivity contribution in [3.8, 4) is 5.69 Å². The molecule has 164 valence electrons. The number of pyridine rings is 1. The summed E-state index contributed by atoms with van der Waals surface area (Å²) < 4.78 is 4.28. The lowest BCUT2D eigenvalue weighted by molar-refractivity contribution is 1.16. The van der Waals surface area contributed by atoms with Crippen LogP contribution in [0.25, 0.3) is 66.8 Å². The molecule has 4 aromatic carbocycles. The standard InChI is InChI=1S/C32H20N2O/c35-32-25-14-3-1-2-10-21(25)26-18-20(19-27-24-13-6-9-17-30(24)34(32)31(26)27)33-28-15-7-4-11-22(28)23-12-5-8-16-29(23)33/h2-19H,1H2. The molecule has 0 amide bonds. The molecule has 1 aliphatic rings. The van der Waals surface area contributed by atoms with Crippen LogP contribution in [-0.2, 0) is 0 Å². The number of hydrogen-bond donors (Lipinski definition) is 0. The second-order valence-electron chi connectivity index (χ2n) is 9.28. The molecule has 7 aromatic rings. The Morgan fingerprint density at radius 1 is 0.571 bits per heavy atom. The molecule has 0 atom stereocenters. The van der Waals surface area contributed by atoms with Crippen molar-refractivity contribution in [3.05, 3.63) is 119 Å². The maximum atomic E-state index is 13.7. The molecule has 0 radical (unpaired) electrons. The number of benzene rings is 4. The Labute approximate surface area is 200 Å². The highest BCUT2D eigenvalue weighted by molar-refractivity contribution is 6.17. The third-order valence-corrected chi connectivity index (χ3v) is 7.45. The van der Waals surface area contributed by atoms with Gasteiger partial charge >= 0.3 is 0 Å². The van der Waals surface area contributed by atoms with Gasteiger partial charge < -0.3 is 4.57 Å². The highest BCUT2D eigenvalue weighted by atomic mass is 16.1. The predicted octanol–water partition coefficient (Wildman–Crippen LogP) is 7.57. The van der Waals surface area contributed by atoms with Gasteiger partial charge in [-0.1, -0.05) is 78.9 Å². The second-order valence-corrected chi connectivity index (χ2v) is 9.28. The molecule has 3 nitrogen and oxygen atoms in total. The van der Waals surface area contributed by atoms with Crippen molar-refractivity contribution in [2.75, 3.05) is 0 Å². The van der Waals surface area contributed by atoms with Crippen molar-refractivity contribution in [2.24, 2.45) is 0 Å². The minimum absolute atomic E-state index is 0.0473. The molecule has 1 aliphatic carbocycles. The highest BCUT2D eigenvalue weighted by Gasteiger charge is 2.21. The maximum Gasteiger partial charge on any atom is 0.263 e. The van der Waals surface area contributed by atoms with Gasteiger partial charge in [0.1, 0.15) is 0 Å². The largest absolute Gasteiger partial charge is 0.309 e. The van der Waals surface area contributed by atoms with Gasteiger partial charge in [0.2, 0.25) is 0 Å². The first-order valence-electron chi connectivity index (χ1n) is 12.0. The minimum Gasteiger partial charge on any atom is -0.309 e. The predicted molar refractivity (Wildman–Crippen MR) is 147 cm³/mol. The summed E-state index contributed by atoms with van der Waals surface area (Å²) in [4.78, 5) is 13.7. The number of para-hydroxylation sites is 3. The van der Waals surface area contributed by atoms with E-state index in [0.29, 0.717) is 0 Å². The molecule has 0 aliphatic heterocycles. The average Bonchev–Trinajstić information content (AvgIpc) is 3.28. The van der Waals surface area contributed by atoms with Crippen LogP contribution >= 0.6 is 0 Å². The molecule has 3 heterocycles. The van der Waals surface area contributed by atoms with Crippen molar-refractivity contribution in [3.63, 3.8) is 0 Å². The molecule has 0 unspecified atom stereocenters. The van der Waals surface area contributed by atoms with Crippen LogP contribution in [0.5, 0.6) is 0 Å². The fourth-order valence-corrected chi connectivity index (χ4v) is 6.00. The molecule has 0 fully saturated rings. The quantitative estimate of drug-likeness (QED) is 0.254. The van der Waals surface area contributed by atoms with E-state index in [-0.39, 0.29) is 5.56 Å². The molecule has 35 heavy (non-hydrogen) atoms. The molecule has 0 saturated carbocycles. The van der Waals surface area contributed by atoms with Crippen LogP contribution in [-0.4, -0.2) is 8.97 Å². The normalized spacial score (nSPS) is 13.5. The van der Waals surface area contributed by atoms with Gasteiger partial charge in [0.25, 0.3) is 5.56 Å². The number of aromatic nitrogens is 2. The second kappa shape index (κ2) is 6.71. The lowest BCUT2D eigenvalue weighted by Gasteiger charge is -2.13. The number of allylic oxidation sites excluding steroid dienone is 2. The summed E-state index contributed by atoms with van der Waals surface area (Å²) >= 11 is 0. The summed E-state index contributed by atoms with van der Waals surface area (Å²) in [5.74, 6) is 0. The number of nitrogens with zero attached hydrogens (tertiary/aromatic N) is 2. The van der Waals surface area contributed by atoms with Gasteiger partial charge in [-0.05, 0) is 42.3 Å². The summed E-state index contributed by atoms with van der Waals surface area (Å²) in [6, 6.07) is 30.0. The van der Waals surface area contributed by atoms with Gasteiger partial charge in [0.15, 0.2) is 0 Å². The van der Waals surface area contributed by atoms with Crippen LogP contribution in [0.4, 0.5) is 0 Å². The van der Waals surface area contributed by atoms with Crippen molar-refractivity contribution >= 4 is 61.1 Å². The molecule has 0 spiro atoms. The first-order valence-corrected chi connectivity index (χ1v) is 12.0. The molecule has 0 saturated heterocycles. The van der Waals surface area contributed by atoms with Crippen molar-refractivity contribution in [1.82, 2.24) is 8.97 Å². The summed E-state index contributed by atoms with van der Waals surface area (Å²) in [5.41, 5.74) is 7.24. The number of fused-ring (bicyclic) bond motifs is 8. The lowest BCUT2D eigenvalue weighted by Crippen LogP contribution is -2.17. The molecular formula is C32H20N2O. The van der Waals surface area contributed by atoms with Crippen LogP contribution in [0.2, 0.25) is 0 Å². The van der Waals surface area contributed by atoms with Crippen molar-refractivity contribution in [2.45, 2.75) is 6.42 Å². The van der Waals surface area contributed by atoms with Crippen molar-refractivity contribution in [1.29, 1.82) is 0 Å². The van der Waals surface area contributed by atoms with E-state index in [9.17, 15) is 4.79 Å². The zero-order valence-electron chi connectivity index (χ0n) is 18.9. The Bertz CT molecular complexity index is 2050. The Kier molecular flexibility index (Phi) is 3.59. The van der Waals surface area contributed by atoms with E-state index >= 15 is 0 Å². The number of rotatable bonds is 1. The average molecular weight is 449 g/mol. The first kappa shape index (κ1) is 18.8. The van der Waals surface area contributed by atoms with E-state index in [2.05, 4.69) is 102 Å². The highest BCUT2D eigenvalue weighted by Crippen LogP contribution is 2.39. The third-order valence-electron chi connectivity index (χ3n) is 7.45. The van der Waals surface area contributed by atoms with Crippen LogP contribution in [0.15, 0.2) is 102 Å². The summed E-state index contributed by atoms with van der Waals surface area (Å²) in [6.45, 7) is 0. The summed E-state index contributed by atoms with van der Waals surface area (Å²) in [5, 5.41) is 5.80. The SMILES string of the molecule is O=c1c2c(c3cc(-n4c5ccccc5c5ccccc54)cc4c5ccccc5n1c34)C=CCC=C2. The Hall–Kier alpha value is -4.63. The lowest BCUT2D eigenvalue weighted by atomic mass is 10.0. The molecule has 3 aromatic heterocycles. The van der Waals surface area contributed by atoms with Crippen LogP contribution < -0.4 is 5.56 Å². The van der Waals surface area contributed by atoms with E-state index < -0.39 is 0 Å². The number of hydrogen-bond acceptors (Lipinski definition) is 1. The summed E-state index contributed by atoms with van der Waals surface area (Å²) in [7, 11) is 0. The van der Waals surface area contributed by atoms with E-state index in [1.54, 1.807) is 0 Å². The van der Waals surface area contributed by atoms with E-state index in [0.717, 1.165) is 50.4 Å². The van der Waals surface area contributed by atoms with E-state index in [4.69, 9.17) is 0 Å². The van der Waals surface area contributed by atoms with Gasteiger partial charge in [-0.3, -0.25) is 9.20 Å². The molecule has 8 rings (SSSR count). The van der Waals surface area contributed by atoms with Crippen LogP contribution in [0.3, 0.4) is 0 Å². The zero-order chi connectivity index (χ0) is 23.1. The Morgan fingerprint density at radius 2 is 1.11 bits per heavy atom. The Morgan fingerprint density at radius 3 is 1.80 bits per heavy atom. The van der Waals surface area contributed by atoms with Crippen molar-refractivity contribution < 1.29 is 0 Å². The van der Waals surface area contributed by atoms with Crippen LogP contribution in [0.1, 0.15) is 17.5 Å². The smallest absolute Gasteiger partial charge is 0.263 e. The van der Waals surface area contributed by atoms with E-state index in [1.807, 2.05) is 16.5 Å². The van der Waals surface area contributed by atoms with Gasteiger partial charge in [-0.2, -0.15) is 0 Å². The van der Waals surface area contributed by atoms with E-state index in [1.165, 1.54) is 21.8 Å². The fourth-order valence-electron chi connectivity index (χ4n) is 6.00. The first-order chi connectivity index (χ1) is 17.3. The minimum atomic E-state index is 0.0473. The topological polar surface area (TPSA) is 26.4 Å². The monoisotopic (exact) mass is 448 g/mol. The third kappa shape index (κ3) is 2.37. The van der Waals surface area contributed by atoms with Crippen LogP contribution in [0, 0.1) is 0 Å². The van der Waals surface area contributed by atoms with Gasteiger partial charge in [0.05, 0.1) is 22.1 Å². The van der Waals surface area contributed by atoms with Gasteiger partial charge in [0, 0.05) is 38.2 Å². The molecular weight excluding hydrogens is 428 g/mol. The maximum absolute atomic E-state index is 13.7. The molecule has 3 heteroatoms. The van der Waals surface area contributed by atoms with Gasteiger partial charge in [-0.25, -0.2) is 0 Å². The molecule has 0 bridgehead atoms. The molecule has 0 N–H and O–H groups in total. The fraction of sp³-hybridized carbons (Fsp3) is 0.0312. The summed E-state index contributed by atoms with van der Waals surface area (Å²) in [6.07, 6.45) is 9.16. The van der Waals surface area contributed by atoms with Gasteiger partial charge in [-0.15, -0.1) is 0 Å². The Balaban J connectivity index is 1.64.